The van der Waals surface area contributed by atoms with Crippen LogP contribution in [0.1, 0.15) is 17.3 Å². The van der Waals surface area contributed by atoms with Gasteiger partial charge in [-0.3, -0.25) is 4.79 Å². The van der Waals surface area contributed by atoms with Gasteiger partial charge < -0.3 is 14.7 Å². The van der Waals surface area contributed by atoms with E-state index in [-0.39, 0.29) is 24.1 Å². The topological polar surface area (TPSA) is 49.8 Å². The van der Waals surface area contributed by atoms with Crippen LogP contribution in [-0.2, 0) is 4.74 Å². The van der Waals surface area contributed by atoms with Crippen LogP contribution < -0.4 is 4.90 Å². The molecule has 5 heteroatoms. The number of rotatable bonds is 3. The number of Topliss-reactive ketones (excluding diaryl/α,β-unsaturated/α-hetero) is 1. The molecule has 1 heterocycles. The maximum Gasteiger partial charge on any atom is 0.164 e. The molecule has 0 aromatic heterocycles. The average molecular weight is 253 g/mol. The van der Waals surface area contributed by atoms with Crippen molar-refractivity contribution in [2.75, 3.05) is 31.2 Å². The lowest BCUT2D eigenvalue weighted by atomic mass is 10.1. The summed E-state index contributed by atoms with van der Waals surface area (Å²) in [5.74, 6) is -0.804. The molecule has 4 nitrogen and oxygen atoms in total. The van der Waals surface area contributed by atoms with Gasteiger partial charge in [0.1, 0.15) is 5.82 Å². The second-order valence-corrected chi connectivity index (χ2v) is 4.31. The van der Waals surface area contributed by atoms with Crippen molar-refractivity contribution in [1.82, 2.24) is 0 Å². The smallest absolute Gasteiger partial charge is 0.164 e. The van der Waals surface area contributed by atoms with E-state index in [0.29, 0.717) is 25.4 Å². The van der Waals surface area contributed by atoms with Crippen LogP contribution in [0.4, 0.5) is 10.1 Å². The third-order valence-electron chi connectivity index (χ3n) is 3.03. The van der Waals surface area contributed by atoms with Crippen LogP contribution >= 0.6 is 0 Å². The van der Waals surface area contributed by atoms with E-state index in [4.69, 9.17) is 9.84 Å². The zero-order valence-electron chi connectivity index (χ0n) is 10.2. The van der Waals surface area contributed by atoms with Crippen molar-refractivity contribution in [3.05, 3.63) is 29.6 Å². The van der Waals surface area contributed by atoms with Crippen molar-refractivity contribution in [3.8, 4) is 0 Å². The summed E-state index contributed by atoms with van der Waals surface area (Å²) in [5.41, 5.74) is 0.681. The van der Waals surface area contributed by atoms with Gasteiger partial charge in [-0.2, -0.15) is 0 Å². The number of nitrogens with zero attached hydrogens (tertiary/aromatic N) is 1. The molecule has 1 aliphatic heterocycles. The van der Waals surface area contributed by atoms with Crippen molar-refractivity contribution in [2.45, 2.75) is 13.0 Å². The maximum atomic E-state index is 13.7. The quantitative estimate of drug-likeness (QED) is 0.823. The van der Waals surface area contributed by atoms with Gasteiger partial charge in [0.05, 0.1) is 30.6 Å². The summed E-state index contributed by atoms with van der Waals surface area (Å²) in [6, 6.07) is 4.59. The molecule has 18 heavy (non-hydrogen) atoms. The standard InChI is InChI=1S/C13H16FNO3/c1-9(17)13-11(14)3-2-4-12(13)15-5-6-18-10(7-15)8-16/h2-4,10,16H,5-8H2,1H3. The number of hydrogen-bond donors (Lipinski definition) is 1. The number of hydrogen-bond acceptors (Lipinski definition) is 4. The Morgan fingerprint density at radius 2 is 2.39 bits per heavy atom. The lowest BCUT2D eigenvalue weighted by Gasteiger charge is -2.34. The van der Waals surface area contributed by atoms with Crippen molar-refractivity contribution in [1.29, 1.82) is 0 Å². The molecule has 0 bridgehead atoms. The Labute approximate surface area is 105 Å². The highest BCUT2D eigenvalue weighted by atomic mass is 19.1. The summed E-state index contributed by atoms with van der Waals surface area (Å²) in [5, 5.41) is 9.10. The fraction of sp³-hybridized carbons (Fsp3) is 0.462. The summed E-state index contributed by atoms with van der Waals surface area (Å²) in [6.07, 6.45) is -0.290. The third-order valence-corrected chi connectivity index (χ3v) is 3.03. The summed E-state index contributed by atoms with van der Waals surface area (Å²) in [7, 11) is 0. The molecule has 1 fully saturated rings. The highest BCUT2D eigenvalue weighted by Gasteiger charge is 2.24. The fourth-order valence-electron chi connectivity index (χ4n) is 2.17. The van der Waals surface area contributed by atoms with Crippen molar-refractivity contribution in [2.24, 2.45) is 0 Å². The summed E-state index contributed by atoms with van der Waals surface area (Å²) in [6.45, 7) is 2.77. The predicted octanol–water partition coefficient (Wildman–Crippen LogP) is 1.23. The molecule has 0 aliphatic carbocycles. The van der Waals surface area contributed by atoms with Crippen LogP contribution in [0, 0.1) is 5.82 Å². The van der Waals surface area contributed by atoms with Gasteiger partial charge in [0.25, 0.3) is 0 Å². The van der Waals surface area contributed by atoms with Crippen molar-refractivity contribution >= 4 is 11.5 Å². The molecule has 1 atom stereocenters. The number of halogens is 1. The largest absolute Gasteiger partial charge is 0.394 e. The van der Waals surface area contributed by atoms with E-state index in [1.807, 2.05) is 4.90 Å². The first kappa shape index (κ1) is 13.0. The van der Waals surface area contributed by atoms with Crippen LogP contribution in [0.25, 0.3) is 0 Å². The molecule has 1 N–H and O–H groups in total. The number of benzene rings is 1. The minimum atomic E-state index is -0.507. The summed E-state index contributed by atoms with van der Waals surface area (Å²) >= 11 is 0. The Bertz CT molecular complexity index is 450. The number of carbonyl (C=O) groups is 1. The first-order chi connectivity index (χ1) is 8.63. The normalized spacial score (nSPS) is 19.9. The van der Waals surface area contributed by atoms with E-state index in [2.05, 4.69) is 0 Å². The number of morpholine rings is 1. The van der Waals surface area contributed by atoms with E-state index in [9.17, 15) is 9.18 Å². The monoisotopic (exact) mass is 253 g/mol. The predicted molar refractivity (Wildman–Crippen MR) is 65.4 cm³/mol. The number of aliphatic hydroxyl groups is 1. The van der Waals surface area contributed by atoms with Crippen LogP contribution in [0.5, 0.6) is 0 Å². The third kappa shape index (κ3) is 2.52. The zero-order chi connectivity index (χ0) is 13.1. The molecule has 0 saturated carbocycles. The highest BCUT2D eigenvalue weighted by Crippen LogP contribution is 2.25. The minimum Gasteiger partial charge on any atom is -0.394 e. The van der Waals surface area contributed by atoms with Crippen molar-refractivity contribution in [3.63, 3.8) is 0 Å². The van der Waals surface area contributed by atoms with Gasteiger partial charge in [-0.1, -0.05) is 6.07 Å². The molecule has 1 unspecified atom stereocenters. The molecular formula is C13H16FNO3. The summed E-state index contributed by atoms with van der Waals surface area (Å²) < 4.78 is 19.0. The van der Waals surface area contributed by atoms with Gasteiger partial charge in [-0.15, -0.1) is 0 Å². The molecule has 1 aromatic rings. The minimum absolute atomic E-state index is 0.0821. The van der Waals surface area contributed by atoms with Crippen LogP contribution in [-0.4, -0.2) is 43.3 Å². The van der Waals surface area contributed by atoms with Gasteiger partial charge in [-0.25, -0.2) is 4.39 Å². The molecule has 1 saturated heterocycles. The Kier molecular flexibility index (Phi) is 3.93. The molecule has 0 amide bonds. The number of ketones is 1. The fourth-order valence-corrected chi connectivity index (χ4v) is 2.17. The van der Waals surface area contributed by atoms with E-state index < -0.39 is 5.82 Å². The SMILES string of the molecule is CC(=O)c1c(F)cccc1N1CCOC(CO)C1. The molecule has 2 rings (SSSR count). The van der Waals surface area contributed by atoms with Gasteiger partial charge in [0, 0.05) is 13.1 Å². The Hall–Kier alpha value is -1.46. The second-order valence-electron chi connectivity index (χ2n) is 4.31. The number of carbonyl (C=O) groups excluding carboxylic acids is 1. The summed E-state index contributed by atoms with van der Waals surface area (Å²) in [4.78, 5) is 13.4. The second kappa shape index (κ2) is 5.46. The van der Waals surface area contributed by atoms with Gasteiger partial charge in [-0.05, 0) is 19.1 Å². The number of anilines is 1. The van der Waals surface area contributed by atoms with Crippen molar-refractivity contribution < 1.29 is 19.0 Å². The first-order valence-electron chi connectivity index (χ1n) is 5.90. The molecular weight excluding hydrogens is 237 g/mol. The average Bonchev–Trinajstić information content (AvgIpc) is 2.38. The van der Waals surface area contributed by atoms with E-state index in [1.165, 1.54) is 13.0 Å². The Morgan fingerprint density at radius 3 is 3.06 bits per heavy atom. The zero-order valence-corrected chi connectivity index (χ0v) is 10.2. The number of aliphatic hydroxyl groups excluding tert-OH is 1. The van der Waals surface area contributed by atoms with Gasteiger partial charge in [0.2, 0.25) is 0 Å². The highest BCUT2D eigenvalue weighted by molar-refractivity contribution is 6.00. The Balaban J connectivity index is 2.32. The number of ether oxygens (including phenoxy) is 1. The maximum absolute atomic E-state index is 13.7. The van der Waals surface area contributed by atoms with Crippen LogP contribution in [0.3, 0.4) is 0 Å². The van der Waals surface area contributed by atoms with Gasteiger partial charge in [0.15, 0.2) is 5.78 Å². The molecule has 98 valence electrons. The Morgan fingerprint density at radius 1 is 1.61 bits per heavy atom. The first-order valence-corrected chi connectivity index (χ1v) is 5.90. The van der Waals surface area contributed by atoms with E-state index in [0.717, 1.165) is 0 Å². The molecule has 1 aromatic carbocycles. The molecule has 0 spiro atoms. The lowest BCUT2D eigenvalue weighted by Crippen LogP contribution is -2.44. The van der Waals surface area contributed by atoms with Crippen LogP contribution in [0.2, 0.25) is 0 Å². The molecule has 1 aliphatic rings. The lowest BCUT2D eigenvalue weighted by molar-refractivity contribution is 0.00351. The van der Waals surface area contributed by atoms with E-state index >= 15 is 0 Å². The van der Waals surface area contributed by atoms with Crippen LogP contribution in [0.15, 0.2) is 18.2 Å². The molecule has 0 radical (unpaired) electrons. The van der Waals surface area contributed by atoms with Gasteiger partial charge >= 0.3 is 0 Å². The van der Waals surface area contributed by atoms with E-state index in [1.54, 1.807) is 12.1 Å².